The molecule has 4 nitrogen and oxygen atoms in total. The van der Waals surface area contributed by atoms with Crippen molar-refractivity contribution in [2.24, 2.45) is 17.3 Å². The molecule has 8 heteroatoms. The fourth-order valence-corrected chi connectivity index (χ4v) is 9.38. The second kappa shape index (κ2) is 18.2. The van der Waals surface area contributed by atoms with E-state index in [9.17, 15) is 23.1 Å². The van der Waals surface area contributed by atoms with Gasteiger partial charge in [-0.15, -0.1) is 29.1 Å². The molecule has 0 amide bonds. The Morgan fingerprint density at radius 2 is 1.46 bits per heavy atom. The van der Waals surface area contributed by atoms with Gasteiger partial charge in [-0.05, 0) is 68.6 Å². The van der Waals surface area contributed by atoms with Crippen molar-refractivity contribution in [2.45, 2.75) is 118 Å². The third-order valence-electron chi connectivity index (χ3n) is 12.9. The molecule has 1 aliphatic rings. The number of carbonyl (C=O) groups is 1. The van der Waals surface area contributed by atoms with Crippen LogP contribution in [0.25, 0.3) is 60.1 Å². The van der Waals surface area contributed by atoms with Crippen LogP contribution in [0.4, 0.5) is 13.2 Å². The minimum Gasteiger partial charge on any atom is -0.512 e. The minimum atomic E-state index is -4.30. The largest absolute Gasteiger partial charge is 0.512 e. The number of nitrogens with zero attached hydrogens (tertiary/aromatic N) is 2. The number of carbonyl (C=O) groups excluding carboxylic acids is 1. The Balaban J connectivity index is 0.000000315. The van der Waals surface area contributed by atoms with Crippen molar-refractivity contribution in [1.82, 2.24) is 9.38 Å². The average molecular weight is 978 g/mol. The van der Waals surface area contributed by atoms with E-state index in [4.69, 9.17) is 4.98 Å². The monoisotopic (exact) mass is 978 g/mol. The summed E-state index contributed by atoms with van der Waals surface area (Å²) in [6.45, 7) is 10.7. The number of rotatable bonds is 11. The molecule has 0 spiro atoms. The number of allylic oxidation sites excluding steroid dienone is 2. The number of fused-ring (bicyclic) bond motifs is 7. The molecule has 1 N–H and O–H groups in total. The summed E-state index contributed by atoms with van der Waals surface area (Å²) in [5.41, 5.74) is 5.00. The summed E-state index contributed by atoms with van der Waals surface area (Å²) < 4.78 is 44.3. The topological polar surface area (TPSA) is 54.6 Å². The molecule has 0 aliphatic heterocycles. The molecule has 4 aromatic carbocycles. The van der Waals surface area contributed by atoms with Gasteiger partial charge in [-0.3, -0.25) is 9.78 Å². The van der Waals surface area contributed by atoms with Crippen LogP contribution in [0, 0.1) is 23.3 Å². The average Bonchev–Trinajstić information content (AvgIpc) is 3.74. The van der Waals surface area contributed by atoms with E-state index < -0.39 is 11.6 Å². The van der Waals surface area contributed by atoms with E-state index in [-0.39, 0.29) is 49.9 Å². The first-order chi connectivity index (χ1) is 27.8. The summed E-state index contributed by atoms with van der Waals surface area (Å²) in [4.78, 5) is 16.7. The summed E-state index contributed by atoms with van der Waals surface area (Å²) >= 11 is 0. The molecule has 1 saturated carbocycles. The van der Waals surface area contributed by atoms with Crippen LogP contribution in [0.1, 0.15) is 116 Å². The van der Waals surface area contributed by atoms with E-state index in [0.717, 1.165) is 80.4 Å². The predicted octanol–water partition coefficient (Wildman–Crippen LogP) is 14.9. The molecule has 3 aromatic heterocycles. The van der Waals surface area contributed by atoms with Crippen molar-refractivity contribution in [3.05, 3.63) is 108 Å². The number of alkyl halides is 3. The number of ketones is 1. The zero-order valence-electron chi connectivity index (χ0n) is 35.1. The van der Waals surface area contributed by atoms with Crippen LogP contribution in [-0.2, 0) is 31.3 Å². The number of hydrogen-bond donors (Lipinski definition) is 1. The number of aromatic nitrogens is 2. The standard InChI is InChI=1S/C38H32F3N2.C13H24O2.Ir/c1-37(2,38(39,40)41)22-25-13-8-17-32-33(25)30-16-9-15-28-29-18-19-42-34(36(29)43(32)35(28)30)26-20-24-12-6-7-14-27(24)31(21-26)23-10-4-3-5-11-23;1-5-10(6-2)12(14)9-13(15)11(7-3)8-4;/h6-9,12-19,21,23H,3-5,10-11,22H2,1-2H3;9-11,14H,5-8H2,1-4H3;/q-1;;/b;12-9-;. The van der Waals surface area contributed by atoms with Crippen molar-refractivity contribution in [3.63, 3.8) is 0 Å². The molecule has 0 bridgehead atoms. The molecule has 313 valence electrons. The number of pyridine rings is 1. The first-order valence-electron chi connectivity index (χ1n) is 21.3. The van der Waals surface area contributed by atoms with Crippen molar-refractivity contribution in [3.8, 4) is 11.3 Å². The number of aliphatic hydroxyl groups excluding tert-OH is 1. The van der Waals surface area contributed by atoms with Gasteiger partial charge in [-0.1, -0.05) is 120 Å². The van der Waals surface area contributed by atoms with Crippen LogP contribution in [0.15, 0.2) is 90.8 Å². The molecule has 0 atom stereocenters. The maximum absolute atomic E-state index is 14.0. The maximum atomic E-state index is 14.0. The van der Waals surface area contributed by atoms with E-state index in [1.807, 2.05) is 64.2 Å². The van der Waals surface area contributed by atoms with Crippen LogP contribution in [-0.4, -0.2) is 26.5 Å². The van der Waals surface area contributed by atoms with E-state index in [2.05, 4.69) is 52.9 Å². The van der Waals surface area contributed by atoms with Crippen molar-refractivity contribution in [1.29, 1.82) is 0 Å². The normalized spacial score (nSPS) is 14.5. The summed E-state index contributed by atoms with van der Waals surface area (Å²) in [6.07, 6.45) is 8.58. The third-order valence-corrected chi connectivity index (χ3v) is 12.9. The molecule has 1 radical (unpaired) electrons. The smallest absolute Gasteiger partial charge is 0.394 e. The number of para-hydroxylation sites is 1. The van der Waals surface area contributed by atoms with Gasteiger partial charge in [0.15, 0.2) is 5.78 Å². The van der Waals surface area contributed by atoms with Crippen molar-refractivity contribution < 1.29 is 43.2 Å². The fraction of sp³-hybridized carbons (Fsp3) is 0.412. The van der Waals surface area contributed by atoms with Gasteiger partial charge >= 0.3 is 6.18 Å². The maximum Gasteiger partial charge on any atom is 0.394 e. The minimum absolute atomic E-state index is 0. The summed E-state index contributed by atoms with van der Waals surface area (Å²) in [6, 6.07) is 28.6. The van der Waals surface area contributed by atoms with Crippen LogP contribution in [0.2, 0.25) is 0 Å². The molecule has 1 fully saturated rings. The molecule has 0 unspecified atom stereocenters. The van der Waals surface area contributed by atoms with Gasteiger partial charge in [-0.25, -0.2) is 0 Å². The molecule has 1 aliphatic carbocycles. The summed E-state index contributed by atoms with van der Waals surface area (Å²) in [7, 11) is 0. The zero-order valence-corrected chi connectivity index (χ0v) is 37.5. The van der Waals surface area contributed by atoms with Crippen LogP contribution >= 0.6 is 0 Å². The van der Waals surface area contributed by atoms with Crippen LogP contribution in [0.3, 0.4) is 0 Å². The Bertz CT molecular complexity index is 2590. The van der Waals surface area contributed by atoms with Gasteiger partial charge in [-0.2, -0.15) is 13.2 Å². The number of halogens is 3. The van der Waals surface area contributed by atoms with Crippen molar-refractivity contribution in [2.75, 3.05) is 0 Å². The molecule has 7 aromatic rings. The zero-order chi connectivity index (χ0) is 41.4. The van der Waals surface area contributed by atoms with Crippen LogP contribution in [0.5, 0.6) is 0 Å². The Labute approximate surface area is 360 Å². The molecular weight excluding hydrogens is 922 g/mol. The van der Waals surface area contributed by atoms with E-state index >= 15 is 0 Å². The van der Waals surface area contributed by atoms with Gasteiger partial charge in [0, 0.05) is 77.0 Å². The molecule has 3 heterocycles. The quantitative estimate of drug-likeness (QED) is 0.0798. The molecule has 59 heavy (non-hydrogen) atoms. The van der Waals surface area contributed by atoms with Crippen molar-refractivity contribution >= 4 is 54.7 Å². The Morgan fingerprint density at radius 3 is 2.14 bits per heavy atom. The predicted molar refractivity (Wildman–Crippen MR) is 234 cm³/mol. The first-order valence-corrected chi connectivity index (χ1v) is 21.3. The van der Waals surface area contributed by atoms with E-state index in [0.29, 0.717) is 11.5 Å². The second-order valence-corrected chi connectivity index (χ2v) is 17.0. The summed E-state index contributed by atoms with van der Waals surface area (Å²) in [5.74, 6) is 1.06. The fourth-order valence-electron chi connectivity index (χ4n) is 9.38. The number of aliphatic hydroxyl groups is 1. The molecular formula is C51H56F3IrN2O2-. The number of benzene rings is 4. The Hall–Kier alpha value is -4.26. The Morgan fingerprint density at radius 1 is 0.831 bits per heavy atom. The Kier molecular flexibility index (Phi) is 13.6. The molecule has 0 saturated heterocycles. The van der Waals surface area contributed by atoms with Gasteiger partial charge in [0.2, 0.25) is 0 Å². The third kappa shape index (κ3) is 8.42. The van der Waals surface area contributed by atoms with E-state index in [1.165, 1.54) is 63.0 Å². The first kappa shape index (κ1) is 44.3. The van der Waals surface area contributed by atoms with Gasteiger partial charge < -0.3 is 9.51 Å². The summed E-state index contributed by atoms with van der Waals surface area (Å²) in [5, 5.41) is 16.2. The van der Waals surface area contributed by atoms with Gasteiger partial charge in [0.25, 0.3) is 0 Å². The number of hydrogen-bond acceptors (Lipinski definition) is 3. The van der Waals surface area contributed by atoms with Gasteiger partial charge in [0.05, 0.1) is 22.2 Å². The van der Waals surface area contributed by atoms with Crippen LogP contribution < -0.4 is 0 Å². The second-order valence-electron chi connectivity index (χ2n) is 17.0. The molecule has 8 rings (SSSR count). The SMILES string of the molecule is CC(C)(Cc1cccc2c1c1cccc3c4ccnc(-c5[c-]c6ccccc6c(C6CCCCC6)c5)c4n2c31)C(F)(F)F.CCC(CC)C(=O)/C=C(\O)C(CC)CC.[Ir]. The van der Waals surface area contributed by atoms with E-state index in [1.54, 1.807) is 0 Å². The van der Waals surface area contributed by atoms with Gasteiger partial charge in [0.1, 0.15) is 0 Å².